The maximum absolute atomic E-state index is 13.5. The lowest BCUT2D eigenvalue weighted by molar-refractivity contribution is -0.138. The number of likely N-dealkylation sites (tertiary alicyclic amines) is 1. The van der Waals surface area contributed by atoms with E-state index in [4.69, 9.17) is 16.3 Å². The van der Waals surface area contributed by atoms with Gasteiger partial charge in [0.15, 0.2) is 0 Å². The van der Waals surface area contributed by atoms with Crippen LogP contribution in [0.5, 0.6) is 5.75 Å². The van der Waals surface area contributed by atoms with Crippen molar-refractivity contribution in [1.82, 2.24) is 10.2 Å². The molecule has 30 heavy (non-hydrogen) atoms. The molecule has 2 aromatic rings. The summed E-state index contributed by atoms with van der Waals surface area (Å²) < 4.78 is 19.3. The molecule has 0 aliphatic carbocycles. The second-order valence-corrected chi connectivity index (χ2v) is 7.67. The van der Waals surface area contributed by atoms with Crippen LogP contribution < -0.4 is 10.1 Å². The highest BCUT2D eigenvalue weighted by Crippen LogP contribution is 2.21. The van der Waals surface area contributed by atoms with Gasteiger partial charge in [0.25, 0.3) is 0 Å². The summed E-state index contributed by atoms with van der Waals surface area (Å²) in [5.74, 6) is 0.136. The van der Waals surface area contributed by atoms with E-state index in [0.29, 0.717) is 32.4 Å². The van der Waals surface area contributed by atoms with Crippen molar-refractivity contribution >= 4 is 23.4 Å². The Kier molecular flexibility index (Phi) is 7.82. The number of carbonyl (C=O) groups excluding carboxylic acids is 2. The van der Waals surface area contributed by atoms with Gasteiger partial charge in [-0.1, -0.05) is 36.7 Å². The molecule has 1 heterocycles. The summed E-state index contributed by atoms with van der Waals surface area (Å²) >= 11 is 5.71. The molecule has 7 heteroatoms. The van der Waals surface area contributed by atoms with Gasteiger partial charge in [-0.2, -0.15) is 0 Å². The molecule has 5 nitrogen and oxygen atoms in total. The quantitative estimate of drug-likeness (QED) is 0.457. The number of halogens is 2. The highest BCUT2D eigenvalue weighted by molar-refractivity contribution is 6.30. The molecule has 1 fully saturated rings. The van der Waals surface area contributed by atoms with Gasteiger partial charge in [-0.25, -0.2) is 4.39 Å². The van der Waals surface area contributed by atoms with Crippen molar-refractivity contribution in [2.75, 3.05) is 19.7 Å². The molecule has 1 N–H and O–H groups in total. The number of aryl methyl sites for hydroxylation is 1. The van der Waals surface area contributed by atoms with Gasteiger partial charge in [0, 0.05) is 19.4 Å². The van der Waals surface area contributed by atoms with E-state index < -0.39 is 5.82 Å². The van der Waals surface area contributed by atoms with Gasteiger partial charge in [-0.05, 0) is 54.3 Å². The normalized spacial score (nSPS) is 13.9. The molecule has 0 aromatic heterocycles. The van der Waals surface area contributed by atoms with Gasteiger partial charge in [0.2, 0.25) is 11.8 Å². The molecule has 2 amide bonds. The van der Waals surface area contributed by atoms with Crippen molar-refractivity contribution in [3.05, 3.63) is 63.9 Å². The zero-order chi connectivity index (χ0) is 21.5. The fourth-order valence-corrected chi connectivity index (χ4v) is 3.56. The van der Waals surface area contributed by atoms with E-state index in [1.165, 1.54) is 11.0 Å². The van der Waals surface area contributed by atoms with Crippen molar-refractivity contribution in [3.63, 3.8) is 0 Å². The van der Waals surface area contributed by atoms with Crippen molar-refractivity contribution in [3.8, 4) is 5.75 Å². The summed E-state index contributed by atoms with van der Waals surface area (Å²) in [6, 6.07) is 10.9. The minimum Gasteiger partial charge on any atom is -0.491 e. The SMILES string of the molecule is CCc1cc(CNCCc2ccc(Cl)c(F)c2)ccc1OCCN1C(=O)CCC1=O. The molecule has 3 rings (SSSR count). The Balaban J connectivity index is 1.46. The molecular formula is C23H26ClFN2O3. The molecule has 0 bridgehead atoms. The first-order chi connectivity index (χ1) is 14.5. The lowest BCUT2D eigenvalue weighted by atomic mass is 10.1. The van der Waals surface area contributed by atoms with E-state index >= 15 is 0 Å². The topological polar surface area (TPSA) is 58.6 Å². The summed E-state index contributed by atoms with van der Waals surface area (Å²) in [7, 11) is 0. The summed E-state index contributed by atoms with van der Waals surface area (Å²) in [5, 5.41) is 3.51. The Labute approximate surface area is 181 Å². The van der Waals surface area contributed by atoms with Crippen LogP contribution in [-0.4, -0.2) is 36.4 Å². The number of hydrogen-bond donors (Lipinski definition) is 1. The van der Waals surface area contributed by atoms with E-state index in [9.17, 15) is 14.0 Å². The first-order valence-electron chi connectivity index (χ1n) is 10.2. The second-order valence-electron chi connectivity index (χ2n) is 7.26. The van der Waals surface area contributed by atoms with Crippen LogP contribution in [0, 0.1) is 5.82 Å². The predicted molar refractivity (Wildman–Crippen MR) is 114 cm³/mol. The molecule has 0 radical (unpaired) electrons. The number of rotatable bonds is 10. The lowest BCUT2D eigenvalue weighted by Crippen LogP contribution is -2.33. The summed E-state index contributed by atoms with van der Waals surface area (Å²) in [6.45, 7) is 4.05. The van der Waals surface area contributed by atoms with Gasteiger partial charge < -0.3 is 10.1 Å². The van der Waals surface area contributed by atoms with E-state index in [2.05, 4.69) is 18.3 Å². The summed E-state index contributed by atoms with van der Waals surface area (Å²) in [5.41, 5.74) is 3.11. The first kappa shape index (κ1) is 22.2. The minimum absolute atomic E-state index is 0.123. The zero-order valence-corrected chi connectivity index (χ0v) is 17.8. The number of ether oxygens (including phenoxy) is 1. The number of carbonyl (C=O) groups is 2. The molecule has 1 aliphatic rings. The van der Waals surface area contributed by atoms with E-state index in [-0.39, 0.29) is 23.4 Å². The zero-order valence-electron chi connectivity index (χ0n) is 17.0. The van der Waals surface area contributed by atoms with Gasteiger partial charge in [0.1, 0.15) is 18.2 Å². The molecule has 1 aliphatic heterocycles. The highest BCUT2D eigenvalue weighted by Gasteiger charge is 2.28. The lowest BCUT2D eigenvalue weighted by Gasteiger charge is -2.16. The molecule has 160 valence electrons. The molecule has 0 spiro atoms. The third-order valence-corrected chi connectivity index (χ3v) is 5.44. The van der Waals surface area contributed by atoms with Crippen LogP contribution in [0.15, 0.2) is 36.4 Å². The Bertz CT molecular complexity index is 903. The second kappa shape index (κ2) is 10.5. The van der Waals surface area contributed by atoms with Crippen LogP contribution in [-0.2, 0) is 29.0 Å². The van der Waals surface area contributed by atoms with Crippen molar-refractivity contribution < 1.29 is 18.7 Å². The van der Waals surface area contributed by atoms with Crippen LogP contribution in [0.1, 0.15) is 36.5 Å². The fourth-order valence-electron chi connectivity index (χ4n) is 3.44. The van der Waals surface area contributed by atoms with Crippen LogP contribution in [0.4, 0.5) is 4.39 Å². The van der Waals surface area contributed by atoms with Crippen molar-refractivity contribution in [2.24, 2.45) is 0 Å². The number of benzene rings is 2. The first-order valence-corrected chi connectivity index (χ1v) is 10.6. The Morgan fingerprint density at radius 3 is 2.53 bits per heavy atom. The van der Waals surface area contributed by atoms with Crippen LogP contribution in [0.25, 0.3) is 0 Å². The number of nitrogens with zero attached hydrogens (tertiary/aromatic N) is 1. The number of hydrogen-bond acceptors (Lipinski definition) is 4. The van der Waals surface area contributed by atoms with Crippen LogP contribution in [0.2, 0.25) is 5.02 Å². The Morgan fingerprint density at radius 2 is 1.83 bits per heavy atom. The summed E-state index contributed by atoms with van der Waals surface area (Å²) in [6.07, 6.45) is 2.13. The van der Waals surface area contributed by atoms with Crippen LogP contribution >= 0.6 is 11.6 Å². The maximum Gasteiger partial charge on any atom is 0.229 e. The Hall–Kier alpha value is -2.44. The third-order valence-electron chi connectivity index (χ3n) is 5.14. The highest BCUT2D eigenvalue weighted by atomic mass is 35.5. The number of imide groups is 1. The van der Waals surface area contributed by atoms with Crippen molar-refractivity contribution in [1.29, 1.82) is 0 Å². The molecule has 2 aromatic carbocycles. The standard InChI is InChI=1S/C23H26ClFN2O3/c1-2-18-13-17(15-26-10-9-16-3-5-19(24)20(25)14-16)4-6-21(18)30-12-11-27-22(28)7-8-23(27)29/h3-6,13-14,26H,2,7-12,15H2,1H3. The maximum atomic E-state index is 13.5. The smallest absolute Gasteiger partial charge is 0.229 e. The molecule has 0 unspecified atom stereocenters. The molecule has 0 atom stereocenters. The summed E-state index contributed by atoms with van der Waals surface area (Å²) in [4.78, 5) is 24.6. The van der Waals surface area contributed by atoms with Gasteiger partial charge in [-0.15, -0.1) is 0 Å². The molecule has 1 saturated heterocycles. The predicted octanol–water partition coefficient (Wildman–Crippen LogP) is 3.90. The average molecular weight is 433 g/mol. The van der Waals surface area contributed by atoms with Gasteiger partial charge in [0.05, 0.1) is 11.6 Å². The third kappa shape index (κ3) is 5.80. The van der Waals surface area contributed by atoms with E-state index in [0.717, 1.165) is 35.4 Å². The number of amides is 2. The monoisotopic (exact) mass is 432 g/mol. The number of nitrogens with one attached hydrogen (secondary N) is 1. The fraction of sp³-hybridized carbons (Fsp3) is 0.391. The van der Waals surface area contributed by atoms with E-state index in [1.54, 1.807) is 6.07 Å². The largest absolute Gasteiger partial charge is 0.491 e. The van der Waals surface area contributed by atoms with Gasteiger partial charge in [-0.3, -0.25) is 14.5 Å². The molecule has 0 saturated carbocycles. The minimum atomic E-state index is -0.393. The Morgan fingerprint density at radius 1 is 1.10 bits per heavy atom. The van der Waals surface area contributed by atoms with Gasteiger partial charge >= 0.3 is 0 Å². The average Bonchev–Trinajstić information content (AvgIpc) is 3.06. The molecular weight excluding hydrogens is 407 g/mol. The van der Waals surface area contributed by atoms with Crippen LogP contribution in [0.3, 0.4) is 0 Å². The van der Waals surface area contributed by atoms with Crippen molar-refractivity contribution in [2.45, 2.75) is 39.2 Å². The van der Waals surface area contributed by atoms with E-state index in [1.807, 2.05) is 18.2 Å².